The number of nitrogens with two attached hydrogens (primary N) is 1. The van der Waals surface area contributed by atoms with Crippen molar-refractivity contribution >= 4 is 96.5 Å². The molecule has 7 amide bonds. The van der Waals surface area contributed by atoms with E-state index in [4.69, 9.17) is 10.5 Å². The third-order valence-electron chi connectivity index (χ3n) is 8.45. The lowest BCUT2D eigenvalue weighted by atomic mass is 10.1. The molecule has 0 unspecified atom stereocenters. The number of aliphatic carboxylic acids is 5. The van der Waals surface area contributed by atoms with Gasteiger partial charge in [0.05, 0.1) is 65.6 Å². The number of carboxylic acids is 5. The van der Waals surface area contributed by atoms with E-state index in [1.54, 1.807) is 0 Å². The van der Waals surface area contributed by atoms with Gasteiger partial charge < -0.3 is 73.2 Å². The molecule has 0 aromatic heterocycles. The Kier molecular flexibility index (Phi) is 31.4. The lowest BCUT2D eigenvalue weighted by Gasteiger charge is -2.32. The molecule has 374 valence electrons. The van der Waals surface area contributed by atoms with Crippen LogP contribution >= 0.6 is 25.3 Å². The van der Waals surface area contributed by atoms with Crippen LogP contribution < -0.4 is 43.0 Å². The Morgan fingerprint density at radius 2 is 0.909 bits per heavy atom. The number of hydrogen-bond acceptors (Lipinski definition) is 19. The van der Waals surface area contributed by atoms with Crippen LogP contribution in [0.25, 0.3) is 0 Å². The smallest absolute Gasteiger partial charge is 0.320 e. The lowest BCUT2D eigenvalue weighted by molar-refractivity contribution is -0.146. The largest absolute Gasteiger partial charge is 0.480 e. The van der Waals surface area contributed by atoms with Crippen LogP contribution in [-0.4, -0.2) is 246 Å². The van der Waals surface area contributed by atoms with E-state index in [9.17, 15) is 83.1 Å². The van der Waals surface area contributed by atoms with Crippen molar-refractivity contribution in [3.05, 3.63) is 0 Å². The molecule has 0 aromatic rings. The molecule has 0 heterocycles. The Labute approximate surface area is 388 Å². The van der Waals surface area contributed by atoms with Crippen molar-refractivity contribution in [2.75, 3.05) is 116 Å². The van der Waals surface area contributed by atoms with Gasteiger partial charge in [0.25, 0.3) is 0 Å². The summed E-state index contributed by atoms with van der Waals surface area (Å²) in [4.78, 5) is 148. The molecule has 3 atom stereocenters. The second-order valence-corrected chi connectivity index (χ2v) is 14.5. The van der Waals surface area contributed by atoms with E-state index in [1.807, 2.05) is 0 Å². The highest BCUT2D eigenvalue weighted by Crippen LogP contribution is 2.10. The van der Waals surface area contributed by atoms with Gasteiger partial charge >= 0.3 is 29.8 Å². The number of thiol groups is 2. The van der Waals surface area contributed by atoms with Gasteiger partial charge in [-0.2, -0.15) is 25.3 Å². The van der Waals surface area contributed by atoms with Crippen LogP contribution in [0, 0.1) is 0 Å². The SMILES string of the molecule is NCCOCCNC(=O)CNC(=O)[C@H](CS)NC(=O)CNC(=O)[C@H](CS)NC(=O)CNC(=O)CNC(=O)CC[C@@H](C(=O)O)N(CCN(CC(=O)O)CC(=O)O)CCN(CC(=O)O)CC(=O)O. The van der Waals surface area contributed by atoms with Gasteiger partial charge in [-0.3, -0.25) is 72.2 Å². The van der Waals surface area contributed by atoms with E-state index in [0.29, 0.717) is 13.2 Å². The fourth-order valence-corrected chi connectivity index (χ4v) is 5.88. The van der Waals surface area contributed by atoms with Crippen molar-refractivity contribution < 1.29 is 87.8 Å². The summed E-state index contributed by atoms with van der Waals surface area (Å²) in [7, 11) is 0. The number of rotatable bonds is 38. The van der Waals surface area contributed by atoms with Crippen molar-refractivity contribution in [2.24, 2.45) is 5.73 Å². The van der Waals surface area contributed by atoms with Crippen LogP contribution in [-0.2, 0) is 62.3 Å². The fraction of sp³-hybridized carbons (Fsp3) is 0.657. The minimum Gasteiger partial charge on any atom is -0.480 e. The normalized spacial score (nSPS) is 12.3. The summed E-state index contributed by atoms with van der Waals surface area (Å²) >= 11 is 8.03. The zero-order valence-electron chi connectivity index (χ0n) is 35.7. The van der Waals surface area contributed by atoms with Gasteiger partial charge in [0, 0.05) is 57.2 Å². The molecule has 66 heavy (non-hydrogen) atoms. The quantitative estimate of drug-likeness (QED) is 0.0202. The zero-order chi connectivity index (χ0) is 50.2. The highest BCUT2D eigenvalue weighted by atomic mass is 32.1. The molecule has 29 nitrogen and oxygen atoms in total. The number of nitrogens with zero attached hydrogens (tertiary/aromatic N) is 3. The minimum atomic E-state index is -1.52. The third-order valence-corrected chi connectivity index (χ3v) is 9.18. The average molecular weight is 986 g/mol. The second kappa shape index (κ2) is 34.5. The van der Waals surface area contributed by atoms with Gasteiger partial charge in [-0.1, -0.05) is 0 Å². The summed E-state index contributed by atoms with van der Waals surface area (Å²) < 4.78 is 5.12. The molecule has 0 radical (unpaired) electrons. The molecule has 0 aliphatic carbocycles. The molecule has 0 fully saturated rings. The Morgan fingerprint density at radius 3 is 1.32 bits per heavy atom. The van der Waals surface area contributed by atoms with E-state index in [0.717, 1.165) is 9.80 Å². The Morgan fingerprint density at radius 1 is 0.515 bits per heavy atom. The number of hydrogen-bond donors (Lipinski definition) is 15. The first-order chi connectivity index (χ1) is 31.1. The van der Waals surface area contributed by atoms with E-state index >= 15 is 0 Å². The number of carbonyl (C=O) groups excluding carboxylic acids is 7. The summed E-state index contributed by atoms with van der Waals surface area (Å²) in [5, 5.41) is 62.9. The van der Waals surface area contributed by atoms with Crippen molar-refractivity contribution in [2.45, 2.75) is 31.0 Å². The van der Waals surface area contributed by atoms with Crippen LogP contribution in [0.4, 0.5) is 0 Å². The van der Waals surface area contributed by atoms with Gasteiger partial charge in [0.15, 0.2) is 0 Å². The molecule has 31 heteroatoms. The van der Waals surface area contributed by atoms with Gasteiger partial charge in [0.2, 0.25) is 41.4 Å². The number of ether oxygens (including phenoxy) is 1. The third kappa shape index (κ3) is 29.6. The molecule has 0 saturated heterocycles. The van der Waals surface area contributed by atoms with E-state index < -0.39 is 155 Å². The highest BCUT2D eigenvalue weighted by Gasteiger charge is 2.29. The molecule has 0 aromatic carbocycles. The predicted octanol–water partition coefficient (Wildman–Crippen LogP) is -8.15. The molecule has 0 spiro atoms. The summed E-state index contributed by atoms with van der Waals surface area (Å²) in [6.45, 7) is -5.58. The van der Waals surface area contributed by atoms with Gasteiger partial charge in [-0.25, -0.2) is 0 Å². The summed E-state index contributed by atoms with van der Waals surface area (Å²) in [5.41, 5.74) is 5.30. The standard InChI is InChI=1S/C35H59N11O18S2/c36-3-9-64-10-4-37-25(48)12-40-33(60)21(19-65)43-28(51)14-41-34(61)22(20-66)42-27(50)13-39-26(49)11-38-24(47)2-1-23(35(62)63)46(7-5-44(15-29(52)53)16-30(54)55)8-6-45(17-31(56)57)18-32(58)59/h21-23,65-66H,1-20,36H2,(H,37,48)(H,38,47)(H,39,49)(H,40,60)(H,41,61)(H,42,50)(H,43,51)(H,52,53)(H,54,55)(H,56,57)(H,58,59)(H,62,63)/t21-,22-,23-/m0/s1. The molecule has 0 bridgehead atoms. The predicted molar refractivity (Wildman–Crippen MR) is 232 cm³/mol. The maximum Gasteiger partial charge on any atom is 0.320 e. The van der Waals surface area contributed by atoms with Crippen LogP contribution in [0.15, 0.2) is 0 Å². The molecule has 14 N–H and O–H groups in total. The first-order valence-electron chi connectivity index (χ1n) is 19.8. The monoisotopic (exact) mass is 985 g/mol. The van der Waals surface area contributed by atoms with E-state index in [1.165, 1.54) is 4.90 Å². The minimum absolute atomic E-state index is 0.165. The Balaban J connectivity index is 5.16. The molecular formula is C35H59N11O18S2. The van der Waals surface area contributed by atoms with Crippen LogP contribution in [0.3, 0.4) is 0 Å². The van der Waals surface area contributed by atoms with Crippen molar-refractivity contribution in [3.8, 4) is 0 Å². The summed E-state index contributed by atoms with van der Waals surface area (Å²) in [6, 6.07) is -4.00. The van der Waals surface area contributed by atoms with Crippen molar-refractivity contribution in [3.63, 3.8) is 0 Å². The van der Waals surface area contributed by atoms with Crippen molar-refractivity contribution in [1.29, 1.82) is 0 Å². The lowest BCUT2D eigenvalue weighted by Crippen LogP contribution is -2.54. The average Bonchev–Trinajstić information content (AvgIpc) is 3.23. The van der Waals surface area contributed by atoms with Gasteiger partial charge in [-0.15, -0.1) is 0 Å². The highest BCUT2D eigenvalue weighted by molar-refractivity contribution is 7.80. The number of carbonyl (C=O) groups is 12. The number of amides is 7. The van der Waals surface area contributed by atoms with Gasteiger partial charge in [-0.05, 0) is 6.42 Å². The maximum absolute atomic E-state index is 12.7. The molecule has 0 rings (SSSR count). The number of carboxylic acid groups (broad SMARTS) is 5. The van der Waals surface area contributed by atoms with Crippen LogP contribution in [0.5, 0.6) is 0 Å². The van der Waals surface area contributed by atoms with Crippen LogP contribution in [0.2, 0.25) is 0 Å². The first kappa shape index (κ1) is 60.1. The Hall–Kier alpha value is -5.86. The second-order valence-electron chi connectivity index (χ2n) is 13.8. The number of nitrogens with one attached hydrogen (secondary N) is 7. The van der Waals surface area contributed by atoms with Gasteiger partial charge in [0.1, 0.15) is 18.1 Å². The molecule has 0 aliphatic rings. The van der Waals surface area contributed by atoms with E-state index in [-0.39, 0.29) is 50.8 Å². The topological polar surface area (TPSA) is 435 Å². The van der Waals surface area contributed by atoms with Crippen LogP contribution in [0.1, 0.15) is 12.8 Å². The Bertz CT molecular complexity index is 1610. The molecule has 0 saturated carbocycles. The maximum atomic E-state index is 12.7. The summed E-state index contributed by atoms with van der Waals surface area (Å²) in [5.74, 6) is -13.0. The first-order valence-corrected chi connectivity index (χ1v) is 21.1. The fourth-order valence-electron chi connectivity index (χ4n) is 5.37. The van der Waals surface area contributed by atoms with E-state index in [2.05, 4.69) is 62.5 Å². The zero-order valence-corrected chi connectivity index (χ0v) is 37.5. The molecular weight excluding hydrogens is 927 g/mol. The molecule has 0 aliphatic heterocycles. The van der Waals surface area contributed by atoms with Crippen molar-refractivity contribution in [1.82, 2.24) is 51.9 Å². The summed E-state index contributed by atoms with van der Waals surface area (Å²) in [6.07, 6.45) is -0.956.